The van der Waals surface area contributed by atoms with Gasteiger partial charge in [-0.3, -0.25) is 4.68 Å². The van der Waals surface area contributed by atoms with Crippen molar-refractivity contribution in [2.45, 2.75) is 23.4 Å². The van der Waals surface area contributed by atoms with Crippen LogP contribution in [0.4, 0.5) is 4.39 Å². The first-order valence-corrected chi connectivity index (χ1v) is 6.09. The highest BCUT2D eigenvalue weighted by Crippen LogP contribution is 2.30. The Hall–Kier alpha value is -1.33. The minimum Gasteiger partial charge on any atom is -0.326 e. The van der Waals surface area contributed by atoms with E-state index in [2.05, 4.69) is 5.10 Å². The van der Waals surface area contributed by atoms with Gasteiger partial charge in [0.1, 0.15) is 5.82 Å². The molecule has 17 heavy (non-hydrogen) atoms. The lowest BCUT2D eigenvalue weighted by Gasteiger charge is -2.07. The second-order valence-electron chi connectivity index (χ2n) is 3.81. The van der Waals surface area contributed by atoms with Crippen LogP contribution in [-0.4, -0.2) is 9.78 Å². The molecule has 0 aliphatic heterocycles. The number of hydrogen-bond donors (Lipinski definition) is 1. The van der Waals surface area contributed by atoms with Gasteiger partial charge in [0, 0.05) is 18.5 Å². The van der Waals surface area contributed by atoms with Crippen molar-refractivity contribution < 1.29 is 4.39 Å². The molecule has 0 saturated carbocycles. The fraction of sp³-hybridized carbons (Fsp3) is 0.250. The first kappa shape index (κ1) is 12.1. The van der Waals surface area contributed by atoms with Gasteiger partial charge >= 0.3 is 0 Å². The minimum absolute atomic E-state index is 0.254. The molecule has 0 unspecified atom stereocenters. The van der Waals surface area contributed by atoms with E-state index in [1.807, 2.05) is 24.7 Å². The van der Waals surface area contributed by atoms with Gasteiger partial charge in [-0.1, -0.05) is 11.8 Å². The summed E-state index contributed by atoms with van der Waals surface area (Å²) in [5.74, 6) is -0.254. The molecular weight excluding hydrogens is 237 g/mol. The van der Waals surface area contributed by atoms with E-state index in [0.717, 1.165) is 21.2 Å². The number of aromatic nitrogens is 2. The van der Waals surface area contributed by atoms with Gasteiger partial charge in [-0.25, -0.2) is 4.39 Å². The Bertz CT molecular complexity index is 537. The number of benzene rings is 1. The molecule has 0 saturated heterocycles. The van der Waals surface area contributed by atoms with Crippen molar-refractivity contribution in [1.82, 2.24) is 9.78 Å². The van der Waals surface area contributed by atoms with Crippen molar-refractivity contribution in [2.75, 3.05) is 0 Å². The molecule has 2 N–H and O–H groups in total. The van der Waals surface area contributed by atoms with Crippen LogP contribution in [0.15, 0.2) is 34.2 Å². The first-order valence-electron chi connectivity index (χ1n) is 5.27. The second kappa shape index (κ2) is 4.89. The van der Waals surface area contributed by atoms with Crippen LogP contribution in [0.5, 0.6) is 0 Å². The van der Waals surface area contributed by atoms with Gasteiger partial charge in [0.05, 0.1) is 10.7 Å². The summed E-state index contributed by atoms with van der Waals surface area (Å²) < 4.78 is 14.9. The van der Waals surface area contributed by atoms with Crippen molar-refractivity contribution in [3.05, 3.63) is 41.3 Å². The van der Waals surface area contributed by atoms with Crippen LogP contribution in [0.3, 0.4) is 0 Å². The second-order valence-corrected chi connectivity index (χ2v) is 4.87. The summed E-state index contributed by atoms with van der Waals surface area (Å²) in [5, 5.41) is 5.29. The summed E-state index contributed by atoms with van der Waals surface area (Å²) in [7, 11) is 1.89. The third-order valence-corrected chi connectivity index (χ3v) is 3.63. The molecule has 90 valence electrons. The fourth-order valence-corrected chi connectivity index (χ4v) is 2.64. The SMILES string of the molecule is Cc1cc(Sc2ccc(F)cc2CN)n(C)n1. The average Bonchev–Trinajstić information content (AvgIpc) is 2.60. The third kappa shape index (κ3) is 2.68. The monoisotopic (exact) mass is 251 g/mol. The van der Waals surface area contributed by atoms with Crippen molar-refractivity contribution >= 4 is 11.8 Å². The third-order valence-electron chi connectivity index (χ3n) is 2.42. The molecule has 0 atom stereocenters. The van der Waals surface area contributed by atoms with E-state index in [1.165, 1.54) is 12.1 Å². The van der Waals surface area contributed by atoms with E-state index in [9.17, 15) is 4.39 Å². The summed E-state index contributed by atoms with van der Waals surface area (Å²) in [6.45, 7) is 2.27. The van der Waals surface area contributed by atoms with Crippen molar-refractivity contribution in [1.29, 1.82) is 0 Å². The minimum atomic E-state index is -0.254. The Morgan fingerprint density at radius 1 is 1.41 bits per heavy atom. The molecule has 0 aliphatic carbocycles. The van der Waals surface area contributed by atoms with Crippen LogP contribution >= 0.6 is 11.8 Å². The van der Waals surface area contributed by atoms with E-state index >= 15 is 0 Å². The average molecular weight is 251 g/mol. The summed E-state index contributed by atoms with van der Waals surface area (Å²) in [5.41, 5.74) is 7.39. The van der Waals surface area contributed by atoms with Crippen LogP contribution in [0.2, 0.25) is 0 Å². The predicted octanol–water partition coefficient (Wildman–Crippen LogP) is 2.48. The van der Waals surface area contributed by atoms with Crippen LogP contribution in [0.1, 0.15) is 11.3 Å². The summed E-state index contributed by atoms with van der Waals surface area (Å²) in [4.78, 5) is 0.969. The smallest absolute Gasteiger partial charge is 0.123 e. The van der Waals surface area contributed by atoms with Gasteiger partial charge in [0.25, 0.3) is 0 Å². The van der Waals surface area contributed by atoms with Crippen molar-refractivity contribution in [3.8, 4) is 0 Å². The molecule has 1 heterocycles. The maximum Gasteiger partial charge on any atom is 0.123 e. The normalized spacial score (nSPS) is 10.8. The molecule has 1 aromatic heterocycles. The van der Waals surface area contributed by atoms with Crippen LogP contribution in [0.25, 0.3) is 0 Å². The number of rotatable bonds is 3. The highest BCUT2D eigenvalue weighted by atomic mass is 32.2. The summed E-state index contributed by atoms with van der Waals surface area (Å²) >= 11 is 1.55. The Labute approximate surface area is 104 Å². The Kier molecular flexibility index (Phi) is 3.49. The topological polar surface area (TPSA) is 43.8 Å². The highest BCUT2D eigenvalue weighted by Gasteiger charge is 2.08. The Morgan fingerprint density at radius 3 is 2.76 bits per heavy atom. The molecule has 2 aromatic rings. The van der Waals surface area contributed by atoms with E-state index < -0.39 is 0 Å². The molecular formula is C12H14FN3S. The van der Waals surface area contributed by atoms with E-state index in [1.54, 1.807) is 17.8 Å². The van der Waals surface area contributed by atoms with E-state index in [0.29, 0.717) is 6.54 Å². The molecule has 0 aliphatic rings. The van der Waals surface area contributed by atoms with Gasteiger partial charge in [-0.05, 0) is 36.8 Å². The van der Waals surface area contributed by atoms with Gasteiger partial charge in [0.15, 0.2) is 0 Å². The van der Waals surface area contributed by atoms with Crippen molar-refractivity contribution in [2.24, 2.45) is 12.8 Å². The lowest BCUT2D eigenvalue weighted by Crippen LogP contribution is -2.00. The molecule has 5 heteroatoms. The molecule has 0 bridgehead atoms. The molecule has 0 fully saturated rings. The lowest BCUT2D eigenvalue weighted by molar-refractivity contribution is 0.623. The molecule has 2 rings (SSSR count). The van der Waals surface area contributed by atoms with Gasteiger partial charge < -0.3 is 5.73 Å². The number of aryl methyl sites for hydroxylation is 2. The van der Waals surface area contributed by atoms with Gasteiger partial charge in [0.2, 0.25) is 0 Å². The fourth-order valence-electron chi connectivity index (χ4n) is 1.60. The quantitative estimate of drug-likeness (QED) is 0.911. The Balaban J connectivity index is 2.32. The predicted molar refractivity (Wildman–Crippen MR) is 66.4 cm³/mol. The maximum absolute atomic E-state index is 13.1. The lowest BCUT2D eigenvalue weighted by atomic mass is 10.2. The first-order chi connectivity index (χ1) is 8.10. The molecule has 1 aromatic carbocycles. The molecule has 0 radical (unpaired) electrons. The number of nitrogens with two attached hydrogens (primary N) is 1. The van der Waals surface area contributed by atoms with Gasteiger partial charge in [-0.15, -0.1) is 0 Å². The largest absolute Gasteiger partial charge is 0.326 e. The maximum atomic E-state index is 13.1. The molecule has 0 amide bonds. The zero-order valence-corrected chi connectivity index (χ0v) is 10.6. The van der Waals surface area contributed by atoms with Crippen molar-refractivity contribution in [3.63, 3.8) is 0 Å². The van der Waals surface area contributed by atoms with Gasteiger partial charge in [-0.2, -0.15) is 5.10 Å². The number of nitrogens with zero attached hydrogens (tertiary/aromatic N) is 2. The summed E-state index contributed by atoms with van der Waals surface area (Å²) in [6.07, 6.45) is 0. The molecule has 0 spiro atoms. The zero-order chi connectivity index (χ0) is 12.4. The van der Waals surface area contributed by atoms with Crippen LogP contribution in [-0.2, 0) is 13.6 Å². The standard InChI is InChI=1S/C12H14FN3S/c1-8-5-12(16(2)15-8)17-11-4-3-10(13)6-9(11)7-14/h3-6H,7,14H2,1-2H3. The highest BCUT2D eigenvalue weighted by molar-refractivity contribution is 7.99. The summed E-state index contributed by atoms with van der Waals surface area (Å²) in [6, 6.07) is 6.68. The molecule has 3 nitrogen and oxygen atoms in total. The van der Waals surface area contributed by atoms with E-state index in [-0.39, 0.29) is 5.82 Å². The number of hydrogen-bond acceptors (Lipinski definition) is 3. The zero-order valence-electron chi connectivity index (χ0n) is 9.77. The Morgan fingerprint density at radius 2 is 2.18 bits per heavy atom. The van der Waals surface area contributed by atoms with E-state index in [4.69, 9.17) is 5.73 Å². The van der Waals surface area contributed by atoms with Crippen LogP contribution in [0, 0.1) is 12.7 Å². The number of halogens is 1. The van der Waals surface area contributed by atoms with Crippen LogP contribution < -0.4 is 5.73 Å².